The average molecular weight is 309 g/mol. The van der Waals surface area contributed by atoms with Crippen LogP contribution in [-0.2, 0) is 6.42 Å². The van der Waals surface area contributed by atoms with Crippen LogP contribution in [0.2, 0.25) is 0 Å². The first-order valence-electron chi connectivity index (χ1n) is 7.40. The molecule has 0 atom stereocenters. The number of nitrogens with one attached hydrogen (secondary N) is 1. The zero-order valence-electron chi connectivity index (χ0n) is 12.8. The fraction of sp³-hybridized carbons (Fsp3) is 0.222. The lowest BCUT2D eigenvalue weighted by molar-refractivity contribution is 0.997. The minimum Gasteiger partial charge on any atom is -0.385 e. The fourth-order valence-corrected chi connectivity index (χ4v) is 3.35. The molecule has 0 amide bonds. The lowest BCUT2D eigenvalue weighted by Crippen LogP contribution is -2.04. The highest BCUT2D eigenvalue weighted by Crippen LogP contribution is 2.27. The summed E-state index contributed by atoms with van der Waals surface area (Å²) in [5.74, 6) is 0. The van der Waals surface area contributed by atoms with Crippen molar-refractivity contribution in [2.75, 3.05) is 11.9 Å². The Bertz CT molecular complexity index is 750. The van der Waals surface area contributed by atoms with Gasteiger partial charge in [0.15, 0.2) is 0 Å². The normalized spacial score (nSPS) is 10.6. The van der Waals surface area contributed by atoms with E-state index in [0.717, 1.165) is 30.0 Å². The molecule has 0 saturated heterocycles. The number of anilines is 1. The molecule has 3 aromatic rings. The lowest BCUT2D eigenvalue weighted by Gasteiger charge is -2.05. The van der Waals surface area contributed by atoms with Gasteiger partial charge in [-0.15, -0.1) is 11.3 Å². The van der Waals surface area contributed by atoms with Gasteiger partial charge in [-0.05, 0) is 26.0 Å². The van der Waals surface area contributed by atoms with Gasteiger partial charge in [0.2, 0.25) is 0 Å². The monoisotopic (exact) mass is 309 g/mol. The minimum atomic E-state index is 0.880. The second kappa shape index (κ2) is 6.71. The van der Waals surface area contributed by atoms with Gasteiger partial charge >= 0.3 is 0 Å². The van der Waals surface area contributed by atoms with Crippen LogP contribution in [0.1, 0.15) is 15.6 Å². The number of rotatable bonds is 5. The van der Waals surface area contributed by atoms with Crippen molar-refractivity contribution < 1.29 is 0 Å². The molecule has 112 valence electrons. The molecular formula is C18H19N3S. The zero-order chi connectivity index (χ0) is 15.4. The Balaban J connectivity index is 1.64. The SMILES string of the molecule is Cc1cc(NCCc2nc(-c3ccccc3)c(C)s2)ccn1. The number of thiazole rings is 1. The maximum atomic E-state index is 4.79. The van der Waals surface area contributed by atoms with Crippen LogP contribution in [0.5, 0.6) is 0 Å². The van der Waals surface area contributed by atoms with Crippen LogP contribution in [0.4, 0.5) is 5.69 Å². The topological polar surface area (TPSA) is 37.8 Å². The number of aromatic nitrogens is 2. The van der Waals surface area contributed by atoms with Gasteiger partial charge in [0.05, 0.1) is 10.7 Å². The minimum absolute atomic E-state index is 0.880. The third-order valence-corrected chi connectivity index (χ3v) is 4.48. The number of aryl methyl sites for hydroxylation is 2. The fourth-order valence-electron chi connectivity index (χ4n) is 2.39. The van der Waals surface area contributed by atoms with Gasteiger partial charge in [-0.3, -0.25) is 4.98 Å². The molecule has 0 aliphatic rings. The summed E-state index contributed by atoms with van der Waals surface area (Å²) in [6, 6.07) is 14.4. The first-order chi connectivity index (χ1) is 10.7. The van der Waals surface area contributed by atoms with Crippen LogP contribution >= 0.6 is 11.3 Å². The molecule has 0 aliphatic carbocycles. The van der Waals surface area contributed by atoms with Crippen LogP contribution in [0, 0.1) is 13.8 Å². The Morgan fingerprint density at radius 1 is 1.09 bits per heavy atom. The van der Waals surface area contributed by atoms with Gasteiger partial charge in [-0.25, -0.2) is 4.98 Å². The molecule has 3 nitrogen and oxygen atoms in total. The van der Waals surface area contributed by atoms with E-state index in [9.17, 15) is 0 Å². The quantitative estimate of drug-likeness (QED) is 0.755. The molecule has 0 radical (unpaired) electrons. The van der Waals surface area contributed by atoms with E-state index in [-0.39, 0.29) is 0 Å². The average Bonchev–Trinajstić information content (AvgIpc) is 2.89. The van der Waals surface area contributed by atoms with Gasteiger partial charge < -0.3 is 5.32 Å². The van der Waals surface area contributed by atoms with E-state index in [2.05, 4.69) is 47.6 Å². The zero-order valence-corrected chi connectivity index (χ0v) is 13.7. The summed E-state index contributed by atoms with van der Waals surface area (Å²) in [5, 5.41) is 4.60. The molecule has 1 N–H and O–H groups in total. The van der Waals surface area contributed by atoms with E-state index in [0.29, 0.717) is 0 Å². The number of hydrogen-bond donors (Lipinski definition) is 1. The van der Waals surface area contributed by atoms with E-state index < -0.39 is 0 Å². The molecule has 1 aromatic carbocycles. The second-order valence-corrected chi connectivity index (χ2v) is 6.53. The molecule has 2 heterocycles. The summed E-state index contributed by atoms with van der Waals surface area (Å²) in [6.45, 7) is 5.02. The van der Waals surface area contributed by atoms with E-state index in [1.54, 1.807) is 11.3 Å². The second-order valence-electron chi connectivity index (χ2n) is 5.24. The summed E-state index contributed by atoms with van der Waals surface area (Å²) in [5.41, 5.74) is 4.45. The highest BCUT2D eigenvalue weighted by Gasteiger charge is 2.09. The van der Waals surface area contributed by atoms with E-state index in [1.807, 2.05) is 25.3 Å². The van der Waals surface area contributed by atoms with Crippen molar-refractivity contribution in [3.05, 3.63) is 64.2 Å². The smallest absolute Gasteiger partial charge is 0.0952 e. The highest BCUT2D eigenvalue weighted by molar-refractivity contribution is 7.12. The Hall–Kier alpha value is -2.20. The van der Waals surface area contributed by atoms with Crippen LogP contribution in [0.15, 0.2) is 48.7 Å². The summed E-state index contributed by atoms with van der Waals surface area (Å²) in [4.78, 5) is 10.3. The molecule has 4 heteroatoms. The van der Waals surface area contributed by atoms with Crippen molar-refractivity contribution in [1.29, 1.82) is 0 Å². The highest BCUT2D eigenvalue weighted by atomic mass is 32.1. The van der Waals surface area contributed by atoms with Crippen molar-refractivity contribution in [3.8, 4) is 11.3 Å². The molecule has 3 rings (SSSR count). The number of pyridine rings is 1. The van der Waals surface area contributed by atoms with E-state index >= 15 is 0 Å². The van der Waals surface area contributed by atoms with Crippen molar-refractivity contribution in [2.24, 2.45) is 0 Å². The Morgan fingerprint density at radius 3 is 2.68 bits per heavy atom. The third kappa shape index (κ3) is 3.52. The van der Waals surface area contributed by atoms with Gasteiger partial charge in [0, 0.05) is 41.0 Å². The maximum Gasteiger partial charge on any atom is 0.0952 e. The van der Waals surface area contributed by atoms with Gasteiger partial charge in [-0.2, -0.15) is 0 Å². The van der Waals surface area contributed by atoms with Crippen LogP contribution in [0.3, 0.4) is 0 Å². The molecule has 0 spiro atoms. The number of hydrogen-bond acceptors (Lipinski definition) is 4. The summed E-state index contributed by atoms with van der Waals surface area (Å²) in [7, 11) is 0. The van der Waals surface area contributed by atoms with Crippen LogP contribution in [-0.4, -0.2) is 16.5 Å². The predicted octanol–water partition coefficient (Wildman–Crippen LogP) is 4.48. The maximum absolute atomic E-state index is 4.79. The molecular weight excluding hydrogens is 290 g/mol. The Labute approximate surface area is 135 Å². The van der Waals surface area contributed by atoms with Crippen molar-refractivity contribution in [3.63, 3.8) is 0 Å². The van der Waals surface area contributed by atoms with Gasteiger partial charge in [0.1, 0.15) is 0 Å². The van der Waals surface area contributed by atoms with Crippen LogP contribution in [0.25, 0.3) is 11.3 Å². The van der Waals surface area contributed by atoms with Gasteiger partial charge in [0.25, 0.3) is 0 Å². The standard InChI is InChI=1S/C18H19N3S/c1-13-12-16(8-10-19-13)20-11-9-17-21-18(14(2)22-17)15-6-4-3-5-7-15/h3-8,10,12H,9,11H2,1-2H3,(H,19,20). The first-order valence-corrected chi connectivity index (χ1v) is 8.22. The molecule has 0 unspecified atom stereocenters. The van der Waals surface area contributed by atoms with Crippen molar-refractivity contribution in [2.45, 2.75) is 20.3 Å². The Morgan fingerprint density at radius 2 is 1.91 bits per heavy atom. The lowest BCUT2D eigenvalue weighted by atomic mass is 10.1. The predicted molar refractivity (Wildman–Crippen MR) is 93.5 cm³/mol. The molecule has 0 fully saturated rings. The summed E-state index contributed by atoms with van der Waals surface area (Å²) < 4.78 is 0. The van der Waals surface area contributed by atoms with E-state index in [4.69, 9.17) is 4.98 Å². The third-order valence-electron chi connectivity index (χ3n) is 3.45. The molecule has 22 heavy (non-hydrogen) atoms. The first kappa shape index (κ1) is 14.7. The molecule has 0 bridgehead atoms. The van der Waals surface area contributed by atoms with E-state index in [1.165, 1.54) is 15.4 Å². The molecule has 0 aliphatic heterocycles. The van der Waals surface area contributed by atoms with Gasteiger partial charge in [-0.1, -0.05) is 30.3 Å². The molecule has 2 aromatic heterocycles. The Kier molecular flexibility index (Phi) is 4.49. The molecule has 0 saturated carbocycles. The number of benzene rings is 1. The van der Waals surface area contributed by atoms with Crippen molar-refractivity contribution in [1.82, 2.24) is 9.97 Å². The largest absolute Gasteiger partial charge is 0.385 e. The number of nitrogens with zero attached hydrogens (tertiary/aromatic N) is 2. The summed E-state index contributed by atoms with van der Waals surface area (Å²) in [6.07, 6.45) is 2.76. The van der Waals surface area contributed by atoms with Crippen molar-refractivity contribution >= 4 is 17.0 Å². The van der Waals surface area contributed by atoms with Crippen LogP contribution < -0.4 is 5.32 Å². The summed E-state index contributed by atoms with van der Waals surface area (Å²) >= 11 is 1.78.